The third-order valence-electron chi connectivity index (χ3n) is 3.28. The maximum Gasteiger partial charge on any atom is 0.260 e. The molecule has 0 aromatic heterocycles. The molecule has 25 heavy (non-hydrogen) atoms. The summed E-state index contributed by atoms with van der Waals surface area (Å²) in [6.07, 6.45) is 2.45. The molecule has 0 bridgehead atoms. The molecule has 6 nitrogen and oxygen atoms in total. The summed E-state index contributed by atoms with van der Waals surface area (Å²) in [4.78, 5) is 12.1. The monoisotopic (exact) mass is 379 g/mol. The second kappa shape index (κ2) is 8.13. The number of hydrogen-bond acceptors (Lipinski definition) is 4. The highest BCUT2D eigenvalue weighted by Gasteiger charge is 2.20. The van der Waals surface area contributed by atoms with Crippen LogP contribution in [0.15, 0.2) is 53.6 Å². The first-order valence-corrected chi connectivity index (χ1v) is 9.61. The molecule has 0 radical (unpaired) electrons. The summed E-state index contributed by atoms with van der Waals surface area (Å²) in [6.45, 7) is 1.47. The molecule has 2 aromatic rings. The van der Waals surface area contributed by atoms with Gasteiger partial charge in [-0.1, -0.05) is 41.9 Å². The second-order valence-electron chi connectivity index (χ2n) is 5.42. The number of carbonyl (C=O) groups excluding carboxylic acids is 1. The number of sulfonamides is 1. The van der Waals surface area contributed by atoms with Gasteiger partial charge in [-0.3, -0.25) is 9.10 Å². The van der Waals surface area contributed by atoms with Gasteiger partial charge in [0.1, 0.15) is 6.54 Å². The van der Waals surface area contributed by atoms with Crippen molar-refractivity contribution < 1.29 is 13.2 Å². The van der Waals surface area contributed by atoms with E-state index in [1.165, 1.54) is 6.21 Å². The quantitative estimate of drug-likeness (QED) is 0.618. The fraction of sp³-hybridized carbons (Fsp3) is 0.176. The lowest BCUT2D eigenvalue weighted by Crippen LogP contribution is -2.39. The topological polar surface area (TPSA) is 78.8 Å². The Morgan fingerprint density at radius 1 is 1.24 bits per heavy atom. The van der Waals surface area contributed by atoms with Gasteiger partial charge in [0.2, 0.25) is 10.0 Å². The van der Waals surface area contributed by atoms with Crippen LogP contribution in [0.5, 0.6) is 0 Å². The molecule has 0 aliphatic heterocycles. The van der Waals surface area contributed by atoms with E-state index in [0.29, 0.717) is 16.3 Å². The number of nitrogens with one attached hydrogen (secondary N) is 1. The number of carbonyl (C=O) groups is 1. The van der Waals surface area contributed by atoms with Crippen molar-refractivity contribution in [3.63, 3.8) is 0 Å². The van der Waals surface area contributed by atoms with E-state index in [0.717, 1.165) is 16.1 Å². The average molecular weight is 380 g/mol. The first-order valence-electron chi connectivity index (χ1n) is 7.38. The van der Waals surface area contributed by atoms with Gasteiger partial charge in [-0.25, -0.2) is 13.8 Å². The average Bonchev–Trinajstić information content (AvgIpc) is 2.53. The van der Waals surface area contributed by atoms with Gasteiger partial charge in [-0.15, -0.1) is 0 Å². The van der Waals surface area contributed by atoms with E-state index in [1.807, 2.05) is 13.0 Å². The molecule has 0 aliphatic rings. The van der Waals surface area contributed by atoms with Crippen molar-refractivity contribution in [3.05, 3.63) is 64.7 Å². The van der Waals surface area contributed by atoms with E-state index in [4.69, 9.17) is 11.6 Å². The third-order valence-corrected chi connectivity index (χ3v) is 4.76. The molecular weight excluding hydrogens is 362 g/mol. The number of anilines is 1. The molecule has 0 fully saturated rings. The molecule has 8 heteroatoms. The predicted octanol–water partition coefficient (Wildman–Crippen LogP) is 2.56. The molecular formula is C17H18ClN3O3S. The second-order valence-corrected chi connectivity index (χ2v) is 7.74. The lowest BCUT2D eigenvalue weighted by molar-refractivity contribution is -0.119. The molecule has 0 atom stereocenters. The van der Waals surface area contributed by atoms with Crippen molar-refractivity contribution in [2.24, 2.45) is 5.10 Å². The molecule has 132 valence electrons. The number of nitrogens with zero attached hydrogens (tertiary/aromatic N) is 2. The van der Waals surface area contributed by atoms with E-state index < -0.39 is 15.9 Å². The molecule has 1 N–H and O–H groups in total. The number of benzene rings is 2. The number of amides is 1. The van der Waals surface area contributed by atoms with E-state index in [-0.39, 0.29) is 6.54 Å². The summed E-state index contributed by atoms with van der Waals surface area (Å²) in [5, 5.41) is 4.32. The van der Waals surface area contributed by atoms with Crippen molar-refractivity contribution in [2.75, 3.05) is 17.1 Å². The number of hydrazone groups is 1. The van der Waals surface area contributed by atoms with E-state index in [1.54, 1.807) is 42.5 Å². The number of hydrogen-bond donors (Lipinski definition) is 1. The minimum absolute atomic E-state index is 0.373. The van der Waals surface area contributed by atoms with Crippen LogP contribution >= 0.6 is 11.6 Å². The molecule has 2 rings (SSSR count). The lowest BCUT2D eigenvalue weighted by atomic mass is 10.2. The fourth-order valence-electron chi connectivity index (χ4n) is 2.10. The molecule has 0 unspecified atom stereocenters. The third kappa shape index (κ3) is 5.58. The molecule has 0 heterocycles. The van der Waals surface area contributed by atoms with Crippen molar-refractivity contribution in [1.29, 1.82) is 0 Å². The summed E-state index contributed by atoms with van der Waals surface area (Å²) in [6, 6.07) is 13.9. The standard InChI is InChI=1S/C17H18ClN3O3S/c1-13-6-5-8-15(10-13)21(25(2,23)24)12-17(22)20-19-11-14-7-3-4-9-16(14)18/h3-11H,12H2,1-2H3,(H,20,22)/b19-11+. The highest BCUT2D eigenvalue weighted by molar-refractivity contribution is 7.92. The van der Waals surface area contributed by atoms with Crippen LogP contribution in [0.1, 0.15) is 11.1 Å². The fourth-order valence-corrected chi connectivity index (χ4v) is 3.14. The minimum atomic E-state index is -3.61. The Balaban J connectivity index is 2.09. The largest absolute Gasteiger partial charge is 0.271 e. The summed E-state index contributed by atoms with van der Waals surface area (Å²) in [5.74, 6) is -0.560. The van der Waals surface area contributed by atoms with E-state index in [9.17, 15) is 13.2 Å². The van der Waals surface area contributed by atoms with E-state index in [2.05, 4.69) is 10.5 Å². The van der Waals surface area contributed by atoms with Crippen molar-refractivity contribution in [2.45, 2.75) is 6.92 Å². The van der Waals surface area contributed by atoms with Crippen LogP contribution in [0.3, 0.4) is 0 Å². The maximum atomic E-state index is 12.1. The van der Waals surface area contributed by atoms with Gasteiger partial charge in [0.25, 0.3) is 5.91 Å². The highest BCUT2D eigenvalue weighted by atomic mass is 35.5. The smallest absolute Gasteiger partial charge is 0.260 e. The van der Waals surface area contributed by atoms with Crippen LogP contribution in [0, 0.1) is 6.92 Å². The summed E-state index contributed by atoms with van der Waals surface area (Å²) >= 11 is 5.99. The van der Waals surface area contributed by atoms with Gasteiger partial charge in [0.05, 0.1) is 18.2 Å². The summed E-state index contributed by atoms with van der Waals surface area (Å²) in [5.41, 5.74) is 4.27. The maximum absolute atomic E-state index is 12.1. The van der Waals surface area contributed by atoms with Gasteiger partial charge in [-0.05, 0) is 30.7 Å². The first-order chi connectivity index (χ1) is 11.8. The Morgan fingerprint density at radius 3 is 2.60 bits per heavy atom. The Labute approximate surface area is 152 Å². The van der Waals surface area contributed by atoms with Gasteiger partial charge in [0, 0.05) is 10.6 Å². The van der Waals surface area contributed by atoms with E-state index >= 15 is 0 Å². The van der Waals surface area contributed by atoms with Gasteiger partial charge in [0.15, 0.2) is 0 Å². The molecule has 0 saturated carbocycles. The molecule has 0 saturated heterocycles. The van der Waals surface area contributed by atoms with Gasteiger partial charge < -0.3 is 0 Å². The van der Waals surface area contributed by atoms with Gasteiger partial charge >= 0.3 is 0 Å². The Bertz CT molecular complexity index is 898. The van der Waals surface area contributed by atoms with Crippen molar-refractivity contribution in [3.8, 4) is 0 Å². The van der Waals surface area contributed by atoms with Crippen LogP contribution < -0.4 is 9.73 Å². The highest BCUT2D eigenvalue weighted by Crippen LogP contribution is 2.18. The molecule has 1 amide bonds. The summed E-state index contributed by atoms with van der Waals surface area (Å²) in [7, 11) is -3.61. The van der Waals surface area contributed by atoms with Crippen LogP contribution in [-0.2, 0) is 14.8 Å². The normalized spacial score (nSPS) is 11.5. The van der Waals surface area contributed by atoms with Crippen LogP contribution in [-0.4, -0.2) is 33.3 Å². The molecule has 2 aromatic carbocycles. The van der Waals surface area contributed by atoms with Crippen molar-refractivity contribution in [1.82, 2.24) is 5.43 Å². The zero-order valence-electron chi connectivity index (χ0n) is 13.8. The number of rotatable bonds is 6. The Hall–Kier alpha value is -2.38. The van der Waals surface area contributed by atoms with Crippen molar-refractivity contribution >= 4 is 39.4 Å². The number of halogens is 1. The van der Waals surface area contributed by atoms with Crippen LogP contribution in [0.2, 0.25) is 5.02 Å². The summed E-state index contributed by atoms with van der Waals surface area (Å²) < 4.78 is 25.0. The van der Waals surface area contributed by atoms with Gasteiger partial charge in [-0.2, -0.15) is 5.10 Å². The first kappa shape index (κ1) is 19.0. The molecule has 0 aliphatic carbocycles. The predicted molar refractivity (Wildman–Crippen MR) is 101 cm³/mol. The molecule has 0 spiro atoms. The Kier molecular flexibility index (Phi) is 6.17. The minimum Gasteiger partial charge on any atom is -0.271 e. The Morgan fingerprint density at radius 2 is 1.96 bits per heavy atom. The zero-order chi connectivity index (χ0) is 18.4. The van der Waals surface area contributed by atoms with Crippen LogP contribution in [0.25, 0.3) is 0 Å². The zero-order valence-corrected chi connectivity index (χ0v) is 15.4. The SMILES string of the molecule is Cc1cccc(N(CC(=O)N/N=C/c2ccccc2Cl)S(C)(=O)=O)c1. The van der Waals surface area contributed by atoms with Crippen LogP contribution in [0.4, 0.5) is 5.69 Å². The number of aryl methyl sites for hydroxylation is 1. The lowest BCUT2D eigenvalue weighted by Gasteiger charge is -2.21.